The zero-order valence-electron chi connectivity index (χ0n) is 18.4. The first-order chi connectivity index (χ1) is 13.3. The molecule has 1 unspecified atom stereocenters. The number of rotatable bonds is 7. The SMILES string of the molecule is CCOP(=O)(OCC)c1ccc2c(n1)C(O[Si](C)(C)C(C)(C)C)CN(C(=O)O)C2. The summed E-state index contributed by atoms with van der Waals surface area (Å²) >= 11 is 0. The van der Waals surface area contributed by atoms with E-state index in [1.165, 1.54) is 4.90 Å². The van der Waals surface area contributed by atoms with Crippen molar-refractivity contribution in [3.8, 4) is 0 Å². The standard InChI is InChI=1S/C19H33N2O6PSi/c1-8-25-28(24,26-9-2)16-11-10-14-12-21(18(22)23)13-15(17(14)20-16)27-29(6,7)19(3,4)5/h10-11,15H,8-9,12-13H2,1-7H3,(H,22,23). The molecule has 1 aliphatic heterocycles. The van der Waals surface area contributed by atoms with Crippen LogP contribution in [0, 0.1) is 0 Å². The van der Waals surface area contributed by atoms with Gasteiger partial charge in [-0.1, -0.05) is 26.8 Å². The number of fused-ring (bicyclic) bond motifs is 1. The molecule has 1 amide bonds. The van der Waals surface area contributed by atoms with Gasteiger partial charge in [-0.25, -0.2) is 9.78 Å². The summed E-state index contributed by atoms with van der Waals surface area (Å²) in [7, 11) is -5.76. The second kappa shape index (κ2) is 8.86. The summed E-state index contributed by atoms with van der Waals surface area (Å²) in [5.74, 6) is 0. The van der Waals surface area contributed by atoms with Crippen molar-refractivity contribution < 1.29 is 27.9 Å². The smallest absolute Gasteiger partial charge is 0.407 e. The van der Waals surface area contributed by atoms with Crippen molar-refractivity contribution in [2.45, 2.75) is 65.4 Å². The Balaban J connectivity index is 2.52. The molecule has 0 radical (unpaired) electrons. The molecule has 1 atom stereocenters. The highest BCUT2D eigenvalue weighted by Gasteiger charge is 2.42. The quantitative estimate of drug-likeness (QED) is 0.487. The normalized spacial score (nSPS) is 17.9. The Hall–Kier alpha value is -1.25. The van der Waals surface area contributed by atoms with Gasteiger partial charge in [-0.05, 0) is 43.6 Å². The molecule has 1 aromatic heterocycles. The van der Waals surface area contributed by atoms with Crippen molar-refractivity contribution in [1.29, 1.82) is 0 Å². The molecule has 1 N–H and O–H groups in total. The Morgan fingerprint density at radius 3 is 2.34 bits per heavy atom. The van der Waals surface area contributed by atoms with Gasteiger partial charge < -0.3 is 23.5 Å². The third-order valence-corrected chi connectivity index (χ3v) is 11.9. The average Bonchev–Trinajstić information content (AvgIpc) is 2.60. The molecule has 0 saturated heterocycles. The van der Waals surface area contributed by atoms with Gasteiger partial charge in [-0.15, -0.1) is 0 Å². The van der Waals surface area contributed by atoms with E-state index in [2.05, 4.69) is 38.8 Å². The topological polar surface area (TPSA) is 98.2 Å². The molecule has 10 heteroatoms. The minimum Gasteiger partial charge on any atom is -0.465 e. The van der Waals surface area contributed by atoms with Crippen LogP contribution >= 0.6 is 7.60 Å². The highest BCUT2D eigenvalue weighted by molar-refractivity contribution is 7.61. The van der Waals surface area contributed by atoms with E-state index in [4.69, 9.17) is 13.5 Å². The van der Waals surface area contributed by atoms with Gasteiger partial charge in [-0.2, -0.15) is 0 Å². The molecular weight excluding hydrogens is 411 g/mol. The fourth-order valence-electron chi connectivity index (χ4n) is 2.90. The number of hydrogen-bond donors (Lipinski definition) is 1. The summed E-state index contributed by atoms with van der Waals surface area (Å²) in [5.41, 5.74) is 1.59. The molecule has 1 aliphatic rings. The van der Waals surface area contributed by atoms with Gasteiger partial charge in [0.2, 0.25) is 0 Å². The number of aromatic nitrogens is 1. The van der Waals surface area contributed by atoms with Gasteiger partial charge >= 0.3 is 13.7 Å². The molecular formula is C19H33N2O6PSi. The van der Waals surface area contributed by atoms with Gasteiger partial charge in [0.25, 0.3) is 0 Å². The molecule has 0 aliphatic carbocycles. The lowest BCUT2D eigenvalue weighted by Gasteiger charge is -2.42. The van der Waals surface area contributed by atoms with Crippen LogP contribution in [-0.4, -0.2) is 49.2 Å². The largest absolute Gasteiger partial charge is 0.465 e. The van der Waals surface area contributed by atoms with Crippen LogP contribution in [0.2, 0.25) is 18.1 Å². The minimum absolute atomic E-state index is 0.0534. The van der Waals surface area contributed by atoms with Gasteiger partial charge in [0.05, 0.1) is 32.0 Å². The van der Waals surface area contributed by atoms with E-state index >= 15 is 0 Å². The van der Waals surface area contributed by atoms with Crippen LogP contribution in [0.4, 0.5) is 4.79 Å². The summed E-state index contributed by atoms with van der Waals surface area (Å²) in [4.78, 5) is 17.6. The van der Waals surface area contributed by atoms with E-state index in [0.29, 0.717) is 5.69 Å². The van der Waals surface area contributed by atoms with Crippen LogP contribution in [0.5, 0.6) is 0 Å². The fraction of sp³-hybridized carbons (Fsp3) is 0.684. The Labute approximate surface area is 174 Å². The number of carboxylic acid groups (broad SMARTS) is 1. The maximum absolute atomic E-state index is 13.2. The number of carbonyl (C=O) groups is 1. The van der Waals surface area contributed by atoms with Crippen molar-refractivity contribution in [2.75, 3.05) is 19.8 Å². The summed E-state index contributed by atoms with van der Waals surface area (Å²) in [6, 6.07) is 3.35. The summed E-state index contributed by atoms with van der Waals surface area (Å²) in [6.45, 7) is 14.9. The average molecular weight is 445 g/mol. The molecule has 164 valence electrons. The Morgan fingerprint density at radius 2 is 1.86 bits per heavy atom. The Bertz CT molecular complexity index is 785. The highest BCUT2D eigenvalue weighted by Crippen LogP contribution is 2.47. The number of nitrogens with zero attached hydrogens (tertiary/aromatic N) is 2. The maximum atomic E-state index is 13.2. The predicted molar refractivity (Wildman–Crippen MR) is 114 cm³/mol. The molecule has 0 bridgehead atoms. The second-order valence-electron chi connectivity index (χ2n) is 8.58. The molecule has 0 spiro atoms. The lowest BCUT2D eigenvalue weighted by Crippen LogP contribution is -2.47. The number of amides is 1. The lowest BCUT2D eigenvalue weighted by molar-refractivity contribution is 0.0844. The van der Waals surface area contributed by atoms with Crippen LogP contribution in [0.25, 0.3) is 0 Å². The molecule has 2 heterocycles. The molecule has 0 fully saturated rings. The third kappa shape index (κ3) is 5.27. The van der Waals surface area contributed by atoms with Crippen LogP contribution < -0.4 is 5.44 Å². The molecule has 2 rings (SSSR count). The number of hydrogen-bond acceptors (Lipinski definition) is 6. The van der Waals surface area contributed by atoms with Gasteiger partial charge in [0.1, 0.15) is 6.10 Å². The van der Waals surface area contributed by atoms with Crippen LogP contribution in [0.1, 0.15) is 52.0 Å². The zero-order valence-corrected chi connectivity index (χ0v) is 20.3. The van der Waals surface area contributed by atoms with E-state index in [9.17, 15) is 14.5 Å². The highest BCUT2D eigenvalue weighted by atomic mass is 31.2. The van der Waals surface area contributed by atoms with Crippen LogP contribution in [-0.2, 0) is 24.6 Å². The summed E-state index contributed by atoms with van der Waals surface area (Å²) in [6.07, 6.45) is -1.54. The summed E-state index contributed by atoms with van der Waals surface area (Å²) < 4.78 is 30.6. The molecule has 29 heavy (non-hydrogen) atoms. The van der Waals surface area contributed by atoms with E-state index in [1.54, 1.807) is 26.0 Å². The van der Waals surface area contributed by atoms with Gasteiger partial charge in [-0.3, -0.25) is 4.57 Å². The monoisotopic (exact) mass is 444 g/mol. The predicted octanol–water partition coefficient (Wildman–Crippen LogP) is 4.53. The molecule has 1 aromatic rings. The molecule has 0 aromatic carbocycles. The van der Waals surface area contributed by atoms with Gasteiger partial charge in [0.15, 0.2) is 13.8 Å². The molecule has 8 nitrogen and oxygen atoms in total. The maximum Gasteiger partial charge on any atom is 0.407 e. The van der Waals surface area contributed by atoms with E-state index in [1.807, 2.05) is 0 Å². The minimum atomic E-state index is -3.55. The van der Waals surface area contributed by atoms with Crippen molar-refractivity contribution >= 4 is 27.4 Å². The van der Waals surface area contributed by atoms with Crippen LogP contribution in [0.15, 0.2) is 12.1 Å². The van der Waals surface area contributed by atoms with Crippen molar-refractivity contribution in [3.63, 3.8) is 0 Å². The fourth-order valence-corrected chi connectivity index (χ4v) is 5.65. The Kier molecular flexibility index (Phi) is 7.33. The zero-order chi connectivity index (χ0) is 22.0. The Morgan fingerprint density at radius 1 is 1.28 bits per heavy atom. The first kappa shape index (κ1) is 24.0. The van der Waals surface area contributed by atoms with E-state index in [-0.39, 0.29) is 36.8 Å². The van der Waals surface area contributed by atoms with E-state index in [0.717, 1.165) is 5.56 Å². The van der Waals surface area contributed by atoms with Crippen molar-refractivity contribution in [1.82, 2.24) is 9.88 Å². The van der Waals surface area contributed by atoms with Crippen LogP contribution in [0.3, 0.4) is 0 Å². The third-order valence-electron chi connectivity index (χ3n) is 5.44. The number of pyridine rings is 1. The first-order valence-corrected chi connectivity index (χ1v) is 14.3. The van der Waals surface area contributed by atoms with Gasteiger partial charge in [0, 0.05) is 0 Å². The van der Waals surface area contributed by atoms with Crippen molar-refractivity contribution in [2.24, 2.45) is 0 Å². The van der Waals surface area contributed by atoms with Crippen molar-refractivity contribution in [3.05, 3.63) is 23.4 Å². The van der Waals surface area contributed by atoms with E-state index < -0.39 is 28.1 Å². The summed E-state index contributed by atoms with van der Waals surface area (Å²) in [5, 5.41) is 9.49. The molecule has 0 saturated carbocycles. The second-order valence-corrected chi connectivity index (χ2v) is 15.3. The first-order valence-electron chi connectivity index (χ1n) is 9.89. The lowest BCUT2D eigenvalue weighted by atomic mass is 10.0.